The Morgan fingerprint density at radius 3 is 0.782 bits per heavy atom. The minimum Gasteiger partial charge on any atom is -0.462 e. The van der Waals surface area contributed by atoms with E-state index in [0.29, 0.717) is 25.7 Å². The number of phosphoric ester groups is 2. The average molecular weight is 1280 g/mol. The molecule has 0 aliphatic carbocycles. The summed E-state index contributed by atoms with van der Waals surface area (Å²) in [6, 6.07) is 0. The van der Waals surface area contributed by atoms with Gasteiger partial charge in [0.05, 0.1) is 26.4 Å². The fourth-order valence-electron chi connectivity index (χ4n) is 10.3. The van der Waals surface area contributed by atoms with Crippen LogP contribution in [0.25, 0.3) is 0 Å². The van der Waals surface area contributed by atoms with Crippen LogP contribution in [-0.4, -0.2) is 96.7 Å². The van der Waals surface area contributed by atoms with Crippen LogP contribution in [0.3, 0.4) is 0 Å². The third-order valence-corrected chi connectivity index (χ3v) is 17.7. The second kappa shape index (κ2) is 61.6. The smallest absolute Gasteiger partial charge is 0.462 e. The van der Waals surface area contributed by atoms with E-state index >= 15 is 0 Å². The van der Waals surface area contributed by atoms with Gasteiger partial charge in [0.2, 0.25) is 0 Å². The van der Waals surface area contributed by atoms with E-state index in [0.717, 1.165) is 102 Å². The quantitative estimate of drug-likeness (QED) is 0.0222. The lowest BCUT2D eigenvalue weighted by Crippen LogP contribution is -2.30. The SMILES string of the molecule is CCCCCCCCCCCCCCCCCCC(=O)O[C@H](COC(=O)CCCCCCCCCCCCCC)COP(=O)(O)OC[C@@H](O)COP(=O)(O)OC[C@@H](COC(=O)CCCCCCCCCC)OC(=O)CCCCCCCCCCC(C)C. The maximum atomic E-state index is 13.0. The van der Waals surface area contributed by atoms with E-state index in [9.17, 15) is 43.2 Å². The zero-order chi connectivity index (χ0) is 64.2. The molecule has 0 saturated heterocycles. The topological polar surface area (TPSA) is 237 Å². The third kappa shape index (κ3) is 62.6. The van der Waals surface area contributed by atoms with Crippen molar-refractivity contribution in [3.8, 4) is 0 Å². The first-order valence-corrected chi connectivity index (χ1v) is 38.6. The van der Waals surface area contributed by atoms with Crippen molar-refractivity contribution >= 4 is 39.5 Å². The van der Waals surface area contributed by atoms with Crippen LogP contribution in [0.1, 0.15) is 349 Å². The number of unbranched alkanes of at least 4 members (excludes halogenated alkanes) is 40. The number of aliphatic hydroxyl groups is 1. The van der Waals surface area contributed by atoms with Crippen molar-refractivity contribution in [3.05, 3.63) is 0 Å². The van der Waals surface area contributed by atoms with Crippen LogP contribution in [0.2, 0.25) is 0 Å². The molecule has 0 aliphatic rings. The molecule has 0 aliphatic heterocycles. The monoisotopic (exact) mass is 1280 g/mol. The van der Waals surface area contributed by atoms with Crippen LogP contribution in [0, 0.1) is 5.92 Å². The molecule has 87 heavy (non-hydrogen) atoms. The number of hydrogen-bond acceptors (Lipinski definition) is 15. The van der Waals surface area contributed by atoms with Crippen molar-refractivity contribution in [2.75, 3.05) is 39.6 Å². The highest BCUT2D eigenvalue weighted by Crippen LogP contribution is 2.45. The van der Waals surface area contributed by atoms with Gasteiger partial charge in [-0.15, -0.1) is 0 Å². The van der Waals surface area contributed by atoms with Gasteiger partial charge in [-0.2, -0.15) is 0 Å². The van der Waals surface area contributed by atoms with E-state index in [1.807, 2.05) is 0 Å². The van der Waals surface area contributed by atoms with E-state index < -0.39 is 97.5 Å². The minimum absolute atomic E-state index is 0.105. The molecule has 0 spiro atoms. The van der Waals surface area contributed by atoms with Crippen LogP contribution >= 0.6 is 15.6 Å². The van der Waals surface area contributed by atoms with Crippen molar-refractivity contribution in [1.29, 1.82) is 0 Å². The number of carbonyl (C=O) groups excluding carboxylic acids is 4. The van der Waals surface area contributed by atoms with Gasteiger partial charge in [-0.3, -0.25) is 37.3 Å². The molecule has 516 valence electrons. The number of phosphoric acid groups is 2. The molecule has 0 aromatic carbocycles. The summed E-state index contributed by atoms with van der Waals surface area (Å²) in [4.78, 5) is 72.3. The largest absolute Gasteiger partial charge is 0.472 e. The zero-order valence-electron chi connectivity index (χ0n) is 56.2. The Kier molecular flexibility index (Phi) is 60.2. The molecule has 0 radical (unpaired) electrons. The highest BCUT2D eigenvalue weighted by atomic mass is 31.2. The molecule has 0 bridgehead atoms. The number of aliphatic hydroxyl groups excluding tert-OH is 1. The summed E-state index contributed by atoms with van der Waals surface area (Å²) in [5, 5.41) is 10.6. The maximum absolute atomic E-state index is 13.0. The second-order valence-electron chi connectivity index (χ2n) is 25.0. The lowest BCUT2D eigenvalue weighted by molar-refractivity contribution is -0.161. The maximum Gasteiger partial charge on any atom is 0.472 e. The molecule has 0 aromatic heterocycles. The van der Waals surface area contributed by atoms with Crippen LogP contribution in [-0.2, 0) is 65.4 Å². The van der Waals surface area contributed by atoms with E-state index in [-0.39, 0.29) is 25.7 Å². The summed E-state index contributed by atoms with van der Waals surface area (Å²) in [6.45, 7) is 7.17. The molecule has 0 aromatic rings. The van der Waals surface area contributed by atoms with Crippen LogP contribution in [0.5, 0.6) is 0 Å². The summed E-state index contributed by atoms with van der Waals surface area (Å²) < 4.78 is 68.1. The fourth-order valence-corrected chi connectivity index (χ4v) is 11.9. The van der Waals surface area contributed by atoms with Gasteiger partial charge in [0.15, 0.2) is 12.2 Å². The Bertz CT molecular complexity index is 1690. The molecular formula is C68H132O17P2. The Labute approximate surface area is 530 Å². The van der Waals surface area contributed by atoms with E-state index in [1.165, 1.54) is 167 Å². The summed E-state index contributed by atoms with van der Waals surface area (Å²) in [6.07, 6.45) is 47.2. The van der Waals surface area contributed by atoms with Gasteiger partial charge in [-0.1, -0.05) is 298 Å². The molecule has 17 nitrogen and oxygen atoms in total. The normalized spacial score (nSPS) is 14.1. The highest BCUT2D eigenvalue weighted by molar-refractivity contribution is 7.47. The predicted molar refractivity (Wildman–Crippen MR) is 349 cm³/mol. The predicted octanol–water partition coefficient (Wildman–Crippen LogP) is 19.4. The number of esters is 4. The van der Waals surface area contributed by atoms with Crippen molar-refractivity contribution in [3.63, 3.8) is 0 Å². The van der Waals surface area contributed by atoms with Crippen molar-refractivity contribution < 1.29 is 80.2 Å². The Morgan fingerprint density at radius 2 is 0.529 bits per heavy atom. The number of carbonyl (C=O) groups is 4. The minimum atomic E-state index is -4.95. The second-order valence-corrected chi connectivity index (χ2v) is 27.9. The van der Waals surface area contributed by atoms with E-state index in [4.69, 9.17) is 37.0 Å². The van der Waals surface area contributed by atoms with Gasteiger partial charge < -0.3 is 33.8 Å². The molecule has 19 heteroatoms. The first-order valence-electron chi connectivity index (χ1n) is 35.6. The van der Waals surface area contributed by atoms with Crippen molar-refractivity contribution in [2.45, 2.75) is 368 Å². The molecule has 0 fully saturated rings. The average Bonchev–Trinajstić information content (AvgIpc) is 3.56. The Hall–Kier alpha value is -1.94. The molecule has 3 N–H and O–H groups in total. The number of hydrogen-bond donors (Lipinski definition) is 3. The van der Waals surface area contributed by atoms with Gasteiger partial charge in [-0.25, -0.2) is 9.13 Å². The summed E-state index contributed by atoms with van der Waals surface area (Å²) >= 11 is 0. The van der Waals surface area contributed by atoms with E-state index in [1.54, 1.807) is 0 Å². The molecule has 0 rings (SSSR count). The Balaban J connectivity index is 5.22. The summed E-state index contributed by atoms with van der Waals surface area (Å²) in [7, 11) is -9.89. The lowest BCUT2D eigenvalue weighted by atomic mass is 10.0. The summed E-state index contributed by atoms with van der Waals surface area (Å²) in [5.74, 6) is -1.41. The van der Waals surface area contributed by atoms with Crippen LogP contribution in [0.4, 0.5) is 0 Å². The lowest BCUT2D eigenvalue weighted by Gasteiger charge is -2.21. The Morgan fingerprint density at radius 1 is 0.310 bits per heavy atom. The molecule has 5 atom stereocenters. The molecule has 2 unspecified atom stereocenters. The third-order valence-electron chi connectivity index (χ3n) is 15.8. The number of ether oxygens (including phenoxy) is 4. The van der Waals surface area contributed by atoms with Crippen LogP contribution in [0.15, 0.2) is 0 Å². The summed E-state index contributed by atoms with van der Waals surface area (Å²) in [5.41, 5.74) is 0. The zero-order valence-corrected chi connectivity index (χ0v) is 57.9. The first-order chi connectivity index (χ1) is 42.0. The standard InChI is InChI=1S/C68H132O17P2/c1-6-9-12-15-18-21-23-25-26-27-28-30-32-38-43-48-53-67(72)84-64(58-79-66(71)52-47-42-37-31-29-24-22-19-16-13-10-7-2)60-83-87(76,77)81-56-62(69)55-80-86(74,75)82-59-63(57-78-65(70)51-46-41-36-20-17-14-11-8-3)85-68(73)54-49-44-39-34-33-35-40-45-50-61(4)5/h61-64,69H,6-60H2,1-5H3,(H,74,75)(H,76,77)/t62-,63+,64+/m0/s1. The van der Waals surface area contributed by atoms with Gasteiger partial charge in [-0.05, 0) is 31.6 Å². The first kappa shape index (κ1) is 85.1. The van der Waals surface area contributed by atoms with Crippen LogP contribution < -0.4 is 0 Å². The number of rotatable bonds is 68. The fraction of sp³-hybridized carbons (Fsp3) is 0.941. The van der Waals surface area contributed by atoms with Gasteiger partial charge in [0, 0.05) is 25.7 Å². The van der Waals surface area contributed by atoms with Gasteiger partial charge in [0.1, 0.15) is 19.3 Å². The molecule has 0 amide bonds. The van der Waals surface area contributed by atoms with Gasteiger partial charge in [0.25, 0.3) is 0 Å². The molecule has 0 heterocycles. The highest BCUT2D eigenvalue weighted by Gasteiger charge is 2.30. The molecule has 0 saturated carbocycles. The van der Waals surface area contributed by atoms with E-state index in [2.05, 4.69) is 34.6 Å². The van der Waals surface area contributed by atoms with Gasteiger partial charge >= 0.3 is 39.5 Å². The van der Waals surface area contributed by atoms with Crippen molar-refractivity contribution in [2.24, 2.45) is 5.92 Å². The van der Waals surface area contributed by atoms with Crippen molar-refractivity contribution in [1.82, 2.24) is 0 Å². The molecular weight excluding hydrogens is 1150 g/mol.